The molecule has 2 heterocycles. The summed E-state index contributed by atoms with van der Waals surface area (Å²) in [4.78, 5) is 40.4. The van der Waals surface area contributed by atoms with E-state index in [0.717, 1.165) is 17.7 Å². The second-order valence-corrected chi connectivity index (χ2v) is 7.01. The fourth-order valence-corrected chi connectivity index (χ4v) is 4.29. The van der Waals surface area contributed by atoms with Crippen LogP contribution in [0.15, 0.2) is 28.9 Å². The average Bonchev–Trinajstić information content (AvgIpc) is 3.30. The Morgan fingerprint density at radius 2 is 1.88 bits per heavy atom. The topological polar surface area (TPSA) is 70.8 Å². The number of fused-ring (bicyclic) bond motifs is 5. The minimum Gasteiger partial charge on any atom is -0.469 e. The fraction of sp³-hybridized carbons (Fsp3) is 0.500. The fourth-order valence-electron chi connectivity index (χ4n) is 4.29. The molecule has 1 aromatic heterocycles. The van der Waals surface area contributed by atoms with E-state index in [1.807, 2.05) is 13.0 Å². The number of aryl methyl sites for hydroxylation is 1. The molecule has 3 aliphatic rings. The van der Waals surface area contributed by atoms with Gasteiger partial charge < -0.3 is 9.32 Å². The molecule has 1 aliphatic heterocycles. The Balaban J connectivity index is 1.44. The summed E-state index contributed by atoms with van der Waals surface area (Å²) in [5, 5.41) is 0. The van der Waals surface area contributed by atoms with Gasteiger partial charge in [-0.1, -0.05) is 12.2 Å². The van der Waals surface area contributed by atoms with E-state index in [2.05, 4.69) is 12.2 Å². The number of imide groups is 1. The van der Waals surface area contributed by atoms with Crippen molar-refractivity contribution in [3.63, 3.8) is 0 Å². The van der Waals surface area contributed by atoms with Crippen LogP contribution in [0.2, 0.25) is 0 Å². The van der Waals surface area contributed by atoms with E-state index in [0.29, 0.717) is 6.54 Å². The van der Waals surface area contributed by atoms with Crippen LogP contribution < -0.4 is 0 Å². The van der Waals surface area contributed by atoms with Gasteiger partial charge in [-0.25, -0.2) is 0 Å². The van der Waals surface area contributed by atoms with Crippen LogP contribution in [0.5, 0.6) is 0 Å². The molecular formula is C18H20N2O4. The van der Waals surface area contributed by atoms with Crippen LogP contribution >= 0.6 is 0 Å². The maximum absolute atomic E-state index is 12.6. The van der Waals surface area contributed by atoms with Crippen molar-refractivity contribution in [3.05, 3.63) is 35.8 Å². The number of nitrogens with zero attached hydrogens (tertiary/aromatic N) is 2. The van der Waals surface area contributed by atoms with Gasteiger partial charge in [0.1, 0.15) is 12.3 Å². The Labute approximate surface area is 140 Å². The SMILES string of the molecule is Cc1occc1CN(C)C(=O)CN1C(=O)[C@@H]2[C@@H](C1=O)[C@H]1C=C[C@H]2C1. The van der Waals surface area contributed by atoms with Crippen molar-refractivity contribution < 1.29 is 18.8 Å². The van der Waals surface area contributed by atoms with Crippen molar-refractivity contribution in [3.8, 4) is 0 Å². The molecule has 4 rings (SSSR count). The lowest BCUT2D eigenvalue weighted by atomic mass is 9.85. The number of hydrogen-bond acceptors (Lipinski definition) is 4. The lowest BCUT2D eigenvalue weighted by Crippen LogP contribution is -2.42. The normalized spacial score (nSPS) is 30.3. The number of allylic oxidation sites excluding steroid dienone is 2. The van der Waals surface area contributed by atoms with Crippen LogP contribution in [0.1, 0.15) is 17.7 Å². The molecule has 1 saturated carbocycles. The first-order valence-corrected chi connectivity index (χ1v) is 8.28. The monoisotopic (exact) mass is 328 g/mol. The highest BCUT2D eigenvalue weighted by atomic mass is 16.3. The highest BCUT2D eigenvalue weighted by molar-refractivity contribution is 6.08. The Bertz CT molecular complexity index is 720. The van der Waals surface area contributed by atoms with Crippen LogP contribution in [0.25, 0.3) is 0 Å². The molecule has 0 spiro atoms. The van der Waals surface area contributed by atoms with Gasteiger partial charge in [-0.15, -0.1) is 0 Å². The molecule has 6 heteroatoms. The average molecular weight is 328 g/mol. The van der Waals surface area contributed by atoms with Gasteiger partial charge in [0.2, 0.25) is 17.7 Å². The van der Waals surface area contributed by atoms with Crippen LogP contribution in [0, 0.1) is 30.6 Å². The predicted molar refractivity (Wildman–Crippen MR) is 84.4 cm³/mol. The van der Waals surface area contributed by atoms with E-state index < -0.39 is 0 Å². The summed E-state index contributed by atoms with van der Waals surface area (Å²) >= 11 is 0. The van der Waals surface area contributed by atoms with Crippen molar-refractivity contribution in [1.82, 2.24) is 9.80 Å². The third kappa shape index (κ3) is 2.12. The van der Waals surface area contributed by atoms with E-state index in [9.17, 15) is 14.4 Å². The summed E-state index contributed by atoms with van der Waals surface area (Å²) in [7, 11) is 1.67. The lowest BCUT2D eigenvalue weighted by molar-refractivity contribution is -0.146. The minimum atomic E-state index is -0.248. The predicted octanol–water partition coefficient (Wildman–Crippen LogP) is 1.35. The molecule has 0 aromatic carbocycles. The maximum atomic E-state index is 12.6. The number of carbonyl (C=O) groups is 3. The first kappa shape index (κ1) is 15.2. The summed E-state index contributed by atoms with van der Waals surface area (Å²) in [5.41, 5.74) is 0.920. The Morgan fingerprint density at radius 3 is 2.42 bits per heavy atom. The number of likely N-dealkylation sites (tertiary alicyclic amines) is 1. The van der Waals surface area contributed by atoms with E-state index >= 15 is 0 Å². The molecule has 1 saturated heterocycles. The zero-order valence-electron chi connectivity index (χ0n) is 13.8. The number of amides is 3. The number of carbonyl (C=O) groups excluding carboxylic acids is 3. The van der Waals surface area contributed by atoms with Gasteiger partial charge in [-0.3, -0.25) is 19.3 Å². The molecule has 24 heavy (non-hydrogen) atoms. The Kier molecular flexibility index (Phi) is 3.37. The molecule has 3 amide bonds. The van der Waals surface area contributed by atoms with Crippen molar-refractivity contribution in [2.45, 2.75) is 19.9 Å². The second-order valence-electron chi connectivity index (χ2n) is 7.01. The molecule has 2 bridgehead atoms. The van der Waals surface area contributed by atoms with Gasteiger partial charge in [0, 0.05) is 19.2 Å². The maximum Gasteiger partial charge on any atom is 0.242 e. The largest absolute Gasteiger partial charge is 0.469 e. The molecular weight excluding hydrogens is 308 g/mol. The van der Waals surface area contributed by atoms with E-state index in [4.69, 9.17) is 4.42 Å². The van der Waals surface area contributed by atoms with Gasteiger partial charge in [-0.2, -0.15) is 0 Å². The highest BCUT2D eigenvalue weighted by Crippen LogP contribution is 2.52. The Morgan fingerprint density at radius 1 is 1.25 bits per heavy atom. The van der Waals surface area contributed by atoms with E-state index in [1.54, 1.807) is 13.3 Å². The van der Waals surface area contributed by atoms with E-state index in [-0.39, 0.29) is 47.9 Å². The number of likely N-dealkylation sites (N-methyl/N-ethyl adjacent to an activating group) is 1. The van der Waals surface area contributed by atoms with Crippen LogP contribution in [-0.2, 0) is 20.9 Å². The van der Waals surface area contributed by atoms with E-state index in [1.165, 1.54) is 9.80 Å². The molecule has 4 atom stereocenters. The van der Waals surface area contributed by atoms with Crippen LogP contribution in [0.4, 0.5) is 0 Å². The van der Waals surface area contributed by atoms with Gasteiger partial charge >= 0.3 is 0 Å². The zero-order chi connectivity index (χ0) is 17.0. The molecule has 0 radical (unpaired) electrons. The minimum absolute atomic E-state index is 0.169. The van der Waals surface area contributed by atoms with Crippen molar-refractivity contribution >= 4 is 17.7 Å². The summed E-state index contributed by atoms with van der Waals surface area (Å²) in [6, 6.07) is 1.82. The number of furan rings is 1. The first-order chi connectivity index (χ1) is 11.5. The highest BCUT2D eigenvalue weighted by Gasteiger charge is 2.59. The molecule has 126 valence electrons. The third-order valence-corrected chi connectivity index (χ3v) is 5.65. The van der Waals surface area contributed by atoms with Gasteiger partial charge in [0.15, 0.2) is 0 Å². The van der Waals surface area contributed by atoms with Gasteiger partial charge in [0.25, 0.3) is 0 Å². The summed E-state index contributed by atoms with van der Waals surface area (Å²) < 4.78 is 5.23. The van der Waals surface area contributed by atoms with Crippen molar-refractivity contribution in [1.29, 1.82) is 0 Å². The number of hydrogen-bond donors (Lipinski definition) is 0. The third-order valence-electron chi connectivity index (χ3n) is 5.65. The molecule has 1 aromatic rings. The van der Waals surface area contributed by atoms with Crippen molar-refractivity contribution in [2.24, 2.45) is 23.7 Å². The first-order valence-electron chi connectivity index (χ1n) is 8.28. The molecule has 2 fully saturated rings. The quantitative estimate of drug-likeness (QED) is 0.618. The summed E-state index contributed by atoms with van der Waals surface area (Å²) in [6.07, 6.45) is 6.58. The standard InChI is InChI=1S/C18H20N2O4/c1-10-13(5-6-24-10)8-19(2)14(21)9-20-17(22)15-11-3-4-12(7-11)16(15)18(20)23/h3-6,11-12,15-16H,7-9H2,1-2H3/t11-,12-,15-,16-/m0/s1. The van der Waals surface area contributed by atoms with Crippen LogP contribution in [-0.4, -0.2) is 41.1 Å². The summed E-state index contributed by atoms with van der Waals surface area (Å²) in [6.45, 7) is 2.07. The lowest BCUT2D eigenvalue weighted by Gasteiger charge is -2.21. The van der Waals surface area contributed by atoms with Crippen molar-refractivity contribution in [2.75, 3.05) is 13.6 Å². The van der Waals surface area contributed by atoms with Crippen LogP contribution in [0.3, 0.4) is 0 Å². The number of rotatable bonds is 4. The molecule has 2 aliphatic carbocycles. The molecule has 0 N–H and O–H groups in total. The zero-order valence-corrected chi connectivity index (χ0v) is 13.8. The van der Waals surface area contributed by atoms with Gasteiger partial charge in [0.05, 0.1) is 18.1 Å². The molecule has 0 unspecified atom stereocenters. The smallest absolute Gasteiger partial charge is 0.242 e. The second kappa shape index (κ2) is 5.33. The van der Waals surface area contributed by atoms with Gasteiger partial charge in [-0.05, 0) is 31.2 Å². The summed E-state index contributed by atoms with van der Waals surface area (Å²) in [5.74, 6) is 0.0121. The molecule has 6 nitrogen and oxygen atoms in total. The Hall–Kier alpha value is -2.37.